The lowest BCUT2D eigenvalue weighted by atomic mass is 10.0. The summed E-state index contributed by atoms with van der Waals surface area (Å²) in [6.45, 7) is 7.73. The molecular weight excluding hydrogens is 266 g/mol. The zero-order valence-electron chi connectivity index (χ0n) is 13.2. The summed E-state index contributed by atoms with van der Waals surface area (Å²) in [6.07, 6.45) is 3.46. The summed E-state index contributed by atoms with van der Waals surface area (Å²) in [5, 5.41) is 12.0. The Labute approximate surface area is 126 Å². The topological polar surface area (TPSA) is 58.6 Å². The number of hydrogen-bond donors (Lipinski definition) is 2. The first-order valence-electron chi connectivity index (χ1n) is 7.19. The van der Waals surface area contributed by atoms with Gasteiger partial charge in [-0.25, -0.2) is 4.79 Å². The number of alkyl carbamates (subject to hydrolysis) is 1. The number of hydrogen-bond acceptors (Lipinski definition) is 3. The van der Waals surface area contributed by atoms with Gasteiger partial charge in [0.2, 0.25) is 0 Å². The van der Waals surface area contributed by atoms with Crippen LogP contribution in [0.1, 0.15) is 38.8 Å². The van der Waals surface area contributed by atoms with Crippen LogP contribution >= 0.6 is 0 Å². The van der Waals surface area contributed by atoms with Gasteiger partial charge in [-0.15, -0.1) is 0 Å². The van der Waals surface area contributed by atoms with Crippen LogP contribution in [-0.4, -0.2) is 29.4 Å². The molecule has 0 aromatic heterocycles. The lowest BCUT2D eigenvalue weighted by molar-refractivity contribution is 0.0528. The van der Waals surface area contributed by atoms with Crippen LogP contribution in [0.4, 0.5) is 4.79 Å². The SMILES string of the molecule is C[C@H](O)/C=C/c1ccccc1CCNC(=O)OC(C)(C)C. The normalized spacial score (nSPS) is 13.2. The van der Waals surface area contributed by atoms with Crippen molar-refractivity contribution in [3.05, 3.63) is 41.5 Å². The van der Waals surface area contributed by atoms with Crippen molar-refractivity contribution >= 4 is 12.2 Å². The summed E-state index contributed by atoms with van der Waals surface area (Å²) in [5.41, 5.74) is 1.68. The molecule has 1 atom stereocenters. The molecule has 4 nitrogen and oxygen atoms in total. The number of aliphatic hydroxyl groups is 1. The second-order valence-electron chi connectivity index (χ2n) is 5.98. The number of aliphatic hydroxyl groups excluding tert-OH is 1. The molecule has 4 heteroatoms. The van der Waals surface area contributed by atoms with Crippen LogP contribution in [0.25, 0.3) is 6.08 Å². The van der Waals surface area contributed by atoms with E-state index in [-0.39, 0.29) is 0 Å². The van der Waals surface area contributed by atoms with Gasteiger partial charge in [-0.05, 0) is 45.2 Å². The molecule has 0 saturated carbocycles. The molecule has 0 aliphatic carbocycles. The van der Waals surface area contributed by atoms with Crippen molar-refractivity contribution in [3.63, 3.8) is 0 Å². The van der Waals surface area contributed by atoms with Crippen LogP contribution in [0.3, 0.4) is 0 Å². The molecule has 0 saturated heterocycles. The zero-order valence-corrected chi connectivity index (χ0v) is 13.2. The molecule has 0 unspecified atom stereocenters. The highest BCUT2D eigenvalue weighted by Crippen LogP contribution is 2.12. The molecule has 0 aliphatic rings. The summed E-state index contributed by atoms with van der Waals surface area (Å²) in [6, 6.07) is 7.91. The van der Waals surface area contributed by atoms with E-state index < -0.39 is 17.8 Å². The van der Waals surface area contributed by atoms with E-state index in [9.17, 15) is 9.90 Å². The van der Waals surface area contributed by atoms with Crippen molar-refractivity contribution in [1.82, 2.24) is 5.32 Å². The maximum atomic E-state index is 11.6. The molecule has 0 radical (unpaired) electrons. The predicted molar refractivity (Wildman–Crippen MR) is 85.1 cm³/mol. The van der Waals surface area contributed by atoms with E-state index in [0.717, 1.165) is 11.1 Å². The Kier molecular flexibility index (Phi) is 6.43. The Morgan fingerprint density at radius 1 is 1.38 bits per heavy atom. The van der Waals surface area contributed by atoms with Crippen LogP contribution in [0.2, 0.25) is 0 Å². The zero-order chi connectivity index (χ0) is 15.9. The molecule has 1 rings (SSSR count). The third kappa shape index (κ3) is 7.51. The van der Waals surface area contributed by atoms with E-state index in [4.69, 9.17) is 4.74 Å². The molecule has 0 bridgehead atoms. The predicted octanol–water partition coefficient (Wildman–Crippen LogP) is 3.15. The van der Waals surface area contributed by atoms with E-state index in [1.54, 1.807) is 13.0 Å². The maximum absolute atomic E-state index is 11.6. The fourth-order valence-electron chi connectivity index (χ4n) is 1.78. The lowest BCUT2D eigenvalue weighted by Gasteiger charge is -2.19. The molecule has 0 spiro atoms. The Balaban J connectivity index is 2.54. The van der Waals surface area contributed by atoms with Gasteiger partial charge < -0.3 is 15.2 Å². The van der Waals surface area contributed by atoms with Gasteiger partial charge in [0.15, 0.2) is 0 Å². The summed E-state index contributed by atoms with van der Waals surface area (Å²) >= 11 is 0. The Morgan fingerprint density at radius 2 is 2.05 bits per heavy atom. The van der Waals surface area contributed by atoms with E-state index in [2.05, 4.69) is 5.32 Å². The monoisotopic (exact) mass is 291 g/mol. The van der Waals surface area contributed by atoms with E-state index in [0.29, 0.717) is 13.0 Å². The molecule has 0 fully saturated rings. The smallest absolute Gasteiger partial charge is 0.407 e. The molecule has 1 aromatic rings. The fourth-order valence-corrected chi connectivity index (χ4v) is 1.78. The van der Waals surface area contributed by atoms with E-state index in [1.165, 1.54) is 0 Å². The van der Waals surface area contributed by atoms with Crippen molar-refractivity contribution < 1.29 is 14.6 Å². The largest absolute Gasteiger partial charge is 0.444 e. The van der Waals surface area contributed by atoms with Gasteiger partial charge in [-0.2, -0.15) is 0 Å². The fraction of sp³-hybridized carbons (Fsp3) is 0.471. The molecule has 116 valence electrons. The van der Waals surface area contributed by atoms with Gasteiger partial charge in [0.1, 0.15) is 5.60 Å². The minimum atomic E-state index is -0.484. The first-order valence-corrected chi connectivity index (χ1v) is 7.19. The minimum absolute atomic E-state index is 0.403. The maximum Gasteiger partial charge on any atom is 0.407 e. The minimum Gasteiger partial charge on any atom is -0.444 e. The van der Waals surface area contributed by atoms with Crippen LogP contribution in [0.15, 0.2) is 30.3 Å². The van der Waals surface area contributed by atoms with Gasteiger partial charge in [0.25, 0.3) is 0 Å². The van der Waals surface area contributed by atoms with Crippen molar-refractivity contribution in [2.45, 2.75) is 45.8 Å². The number of nitrogens with one attached hydrogen (secondary N) is 1. The summed E-state index contributed by atoms with van der Waals surface area (Å²) < 4.78 is 5.19. The molecule has 0 aliphatic heterocycles. The molecule has 1 aromatic carbocycles. The van der Waals surface area contributed by atoms with Crippen LogP contribution < -0.4 is 5.32 Å². The number of benzene rings is 1. The van der Waals surface area contributed by atoms with Crippen molar-refractivity contribution in [2.24, 2.45) is 0 Å². The number of ether oxygens (including phenoxy) is 1. The summed E-state index contributed by atoms with van der Waals surface area (Å²) in [4.78, 5) is 11.6. The Morgan fingerprint density at radius 3 is 2.67 bits per heavy atom. The summed E-state index contributed by atoms with van der Waals surface area (Å²) in [7, 11) is 0. The third-order valence-corrected chi connectivity index (χ3v) is 2.67. The highest BCUT2D eigenvalue weighted by Gasteiger charge is 2.15. The van der Waals surface area contributed by atoms with E-state index >= 15 is 0 Å². The van der Waals surface area contributed by atoms with Crippen molar-refractivity contribution in [2.75, 3.05) is 6.54 Å². The molecular formula is C17H25NO3. The number of amides is 1. The van der Waals surface area contributed by atoms with Gasteiger partial charge in [-0.1, -0.05) is 36.4 Å². The highest BCUT2D eigenvalue weighted by atomic mass is 16.6. The number of carbonyl (C=O) groups excluding carboxylic acids is 1. The average molecular weight is 291 g/mol. The van der Waals surface area contributed by atoms with Gasteiger partial charge in [0.05, 0.1) is 6.10 Å². The van der Waals surface area contributed by atoms with Gasteiger partial charge >= 0.3 is 6.09 Å². The Bertz CT molecular complexity index is 487. The molecule has 1 amide bonds. The standard InChI is InChI=1S/C17H25NO3/c1-13(19)9-10-14-7-5-6-8-15(14)11-12-18-16(20)21-17(2,3)4/h5-10,13,19H,11-12H2,1-4H3,(H,18,20)/b10-9+/t13-/m0/s1. The van der Waals surface area contributed by atoms with Gasteiger partial charge in [0, 0.05) is 6.54 Å². The number of rotatable bonds is 5. The number of carbonyl (C=O) groups is 1. The Hall–Kier alpha value is -1.81. The second kappa shape index (κ2) is 7.84. The third-order valence-electron chi connectivity index (χ3n) is 2.67. The molecule has 0 heterocycles. The highest BCUT2D eigenvalue weighted by molar-refractivity contribution is 5.67. The average Bonchev–Trinajstić information content (AvgIpc) is 2.35. The first-order chi connectivity index (χ1) is 9.78. The van der Waals surface area contributed by atoms with Gasteiger partial charge in [-0.3, -0.25) is 0 Å². The molecule has 21 heavy (non-hydrogen) atoms. The lowest BCUT2D eigenvalue weighted by Crippen LogP contribution is -2.33. The van der Waals surface area contributed by atoms with Crippen LogP contribution in [0.5, 0.6) is 0 Å². The first kappa shape index (κ1) is 17.2. The van der Waals surface area contributed by atoms with E-state index in [1.807, 2.05) is 51.1 Å². The van der Waals surface area contributed by atoms with Crippen LogP contribution in [-0.2, 0) is 11.2 Å². The second-order valence-corrected chi connectivity index (χ2v) is 5.98. The summed E-state index contributed by atoms with van der Waals surface area (Å²) in [5.74, 6) is 0. The van der Waals surface area contributed by atoms with Crippen LogP contribution in [0, 0.1) is 0 Å². The molecule has 2 N–H and O–H groups in total. The van der Waals surface area contributed by atoms with Crippen molar-refractivity contribution in [3.8, 4) is 0 Å². The quantitative estimate of drug-likeness (QED) is 0.876. The van der Waals surface area contributed by atoms with Crippen molar-refractivity contribution in [1.29, 1.82) is 0 Å².